The predicted octanol–water partition coefficient (Wildman–Crippen LogP) is 2.87. The van der Waals surface area contributed by atoms with Gasteiger partial charge in [-0.15, -0.1) is 0 Å². The number of likely N-dealkylation sites (tertiary alicyclic amines) is 1. The summed E-state index contributed by atoms with van der Waals surface area (Å²) in [7, 11) is -3.55. The summed E-state index contributed by atoms with van der Waals surface area (Å²) >= 11 is 1.10. The van der Waals surface area contributed by atoms with Crippen LogP contribution in [0.2, 0.25) is 0 Å². The third kappa shape index (κ3) is 4.99. The maximum Gasteiger partial charge on any atom is 0.308 e. The van der Waals surface area contributed by atoms with Crippen LogP contribution in [-0.4, -0.2) is 44.1 Å². The van der Waals surface area contributed by atoms with Crippen molar-refractivity contribution in [2.75, 3.05) is 26.2 Å². The van der Waals surface area contributed by atoms with Crippen LogP contribution in [0.4, 0.5) is 0 Å². The standard InChI is InChI=1S/C19H29N3O3S2/c1-3-10-22-17-6-5-16(14-18(17)26-19(22)23)27(24,25)20-9-4-11-21-12-7-15(2)8-13-21/h5-6,14-15,20H,3-4,7-13H2,1-2H3. The van der Waals surface area contributed by atoms with E-state index in [0.29, 0.717) is 13.1 Å². The van der Waals surface area contributed by atoms with Crippen LogP contribution in [-0.2, 0) is 16.6 Å². The molecule has 150 valence electrons. The largest absolute Gasteiger partial charge is 0.308 e. The highest BCUT2D eigenvalue weighted by molar-refractivity contribution is 7.89. The molecule has 0 saturated carbocycles. The lowest BCUT2D eigenvalue weighted by molar-refractivity contribution is 0.191. The Morgan fingerprint density at radius 2 is 1.96 bits per heavy atom. The predicted molar refractivity (Wildman–Crippen MR) is 111 cm³/mol. The number of nitrogens with one attached hydrogen (secondary N) is 1. The summed E-state index contributed by atoms with van der Waals surface area (Å²) in [5.74, 6) is 0.803. The fourth-order valence-corrected chi connectivity index (χ4v) is 5.66. The molecule has 2 aromatic rings. The van der Waals surface area contributed by atoms with Crippen LogP contribution in [0.1, 0.15) is 39.5 Å². The molecule has 0 spiro atoms. The number of piperidine rings is 1. The molecule has 6 nitrogen and oxygen atoms in total. The first-order chi connectivity index (χ1) is 12.9. The molecule has 27 heavy (non-hydrogen) atoms. The Morgan fingerprint density at radius 1 is 1.22 bits per heavy atom. The Balaban J connectivity index is 1.60. The van der Waals surface area contributed by atoms with E-state index in [1.54, 1.807) is 22.8 Å². The highest BCUT2D eigenvalue weighted by Crippen LogP contribution is 2.22. The average molecular weight is 412 g/mol. The van der Waals surface area contributed by atoms with Gasteiger partial charge in [-0.05, 0) is 69.4 Å². The van der Waals surface area contributed by atoms with Gasteiger partial charge in [0.15, 0.2) is 0 Å². The van der Waals surface area contributed by atoms with Crippen molar-refractivity contribution in [2.24, 2.45) is 5.92 Å². The maximum absolute atomic E-state index is 12.6. The van der Waals surface area contributed by atoms with E-state index in [1.807, 2.05) is 6.92 Å². The minimum absolute atomic E-state index is 0.0368. The highest BCUT2D eigenvalue weighted by atomic mass is 32.2. The van der Waals surface area contributed by atoms with E-state index in [-0.39, 0.29) is 9.77 Å². The SMILES string of the molecule is CCCn1c(=O)sc2cc(S(=O)(=O)NCCCN3CCC(C)CC3)ccc21. The third-order valence-corrected chi connectivity index (χ3v) is 7.62. The van der Waals surface area contributed by atoms with Gasteiger partial charge in [-0.2, -0.15) is 0 Å². The van der Waals surface area contributed by atoms with Crippen LogP contribution < -0.4 is 9.60 Å². The maximum atomic E-state index is 12.6. The van der Waals surface area contributed by atoms with E-state index in [2.05, 4.69) is 16.5 Å². The zero-order chi connectivity index (χ0) is 19.4. The van der Waals surface area contributed by atoms with Crippen LogP contribution in [0.5, 0.6) is 0 Å². The molecule has 0 bridgehead atoms. The smallest absolute Gasteiger partial charge is 0.303 e. The topological polar surface area (TPSA) is 71.4 Å². The quantitative estimate of drug-likeness (QED) is 0.678. The Bertz CT molecular complexity index is 925. The molecule has 0 aliphatic carbocycles. The molecular weight excluding hydrogens is 382 g/mol. The summed E-state index contributed by atoms with van der Waals surface area (Å²) in [6.45, 7) is 8.53. The Labute approximate surface area is 165 Å². The van der Waals surface area contributed by atoms with Crippen LogP contribution >= 0.6 is 11.3 Å². The molecular formula is C19H29N3O3S2. The van der Waals surface area contributed by atoms with Crippen LogP contribution in [0.25, 0.3) is 10.2 Å². The minimum Gasteiger partial charge on any atom is -0.303 e. The average Bonchev–Trinajstić information content (AvgIpc) is 2.95. The molecule has 1 aliphatic rings. The fourth-order valence-electron chi connectivity index (χ4n) is 3.53. The lowest BCUT2D eigenvalue weighted by Crippen LogP contribution is -2.35. The molecule has 1 aromatic carbocycles. The van der Waals surface area contributed by atoms with E-state index in [9.17, 15) is 13.2 Å². The van der Waals surface area contributed by atoms with E-state index in [1.165, 1.54) is 12.8 Å². The lowest BCUT2D eigenvalue weighted by Gasteiger charge is -2.30. The molecule has 0 radical (unpaired) electrons. The van der Waals surface area contributed by atoms with Crippen molar-refractivity contribution in [3.63, 3.8) is 0 Å². The summed E-state index contributed by atoms with van der Waals surface area (Å²) in [4.78, 5) is 14.7. The number of fused-ring (bicyclic) bond motifs is 1. The summed E-state index contributed by atoms with van der Waals surface area (Å²) in [5, 5.41) is 0. The molecule has 1 aromatic heterocycles. The molecule has 1 saturated heterocycles. The molecule has 0 atom stereocenters. The van der Waals surface area contributed by atoms with E-state index in [4.69, 9.17) is 0 Å². The first kappa shape index (κ1) is 20.5. The monoisotopic (exact) mass is 411 g/mol. The second-order valence-electron chi connectivity index (χ2n) is 7.42. The van der Waals surface area contributed by atoms with Crippen molar-refractivity contribution in [1.29, 1.82) is 0 Å². The third-order valence-electron chi connectivity index (χ3n) is 5.22. The number of hydrogen-bond donors (Lipinski definition) is 1. The second-order valence-corrected chi connectivity index (χ2v) is 10.2. The van der Waals surface area contributed by atoms with Gasteiger partial charge in [-0.25, -0.2) is 13.1 Å². The van der Waals surface area contributed by atoms with E-state index in [0.717, 1.165) is 59.9 Å². The van der Waals surface area contributed by atoms with Crippen LogP contribution in [0, 0.1) is 5.92 Å². The zero-order valence-corrected chi connectivity index (χ0v) is 17.7. The number of benzene rings is 1. The Morgan fingerprint density at radius 3 is 2.67 bits per heavy atom. The fraction of sp³-hybridized carbons (Fsp3) is 0.632. The van der Waals surface area contributed by atoms with Gasteiger partial charge in [0.05, 0.1) is 15.1 Å². The van der Waals surface area contributed by atoms with Gasteiger partial charge in [0.2, 0.25) is 10.0 Å². The Kier molecular flexibility index (Phi) is 6.73. The van der Waals surface area contributed by atoms with Crippen molar-refractivity contribution in [2.45, 2.75) is 51.0 Å². The number of aryl methyl sites for hydroxylation is 1. The lowest BCUT2D eigenvalue weighted by atomic mass is 9.99. The minimum atomic E-state index is -3.55. The van der Waals surface area contributed by atoms with Gasteiger partial charge in [-0.3, -0.25) is 9.36 Å². The zero-order valence-electron chi connectivity index (χ0n) is 16.1. The highest BCUT2D eigenvalue weighted by Gasteiger charge is 2.18. The normalized spacial score (nSPS) is 17.0. The van der Waals surface area contributed by atoms with Gasteiger partial charge in [0.25, 0.3) is 0 Å². The molecule has 0 unspecified atom stereocenters. The van der Waals surface area contributed by atoms with E-state index >= 15 is 0 Å². The second kappa shape index (κ2) is 8.86. The number of hydrogen-bond acceptors (Lipinski definition) is 5. The van der Waals surface area contributed by atoms with Crippen molar-refractivity contribution in [3.8, 4) is 0 Å². The number of rotatable bonds is 8. The molecule has 0 amide bonds. The van der Waals surface area contributed by atoms with Crippen molar-refractivity contribution >= 4 is 31.6 Å². The van der Waals surface area contributed by atoms with Crippen molar-refractivity contribution < 1.29 is 8.42 Å². The van der Waals surface area contributed by atoms with Gasteiger partial charge < -0.3 is 4.90 Å². The summed E-state index contributed by atoms with van der Waals surface area (Å²) < 4.78 is 30.3. The number of sulfonamides is 1. The first-order valence-corrected chi connectivity index (χ1v) is 12.1. The molecule has 1 aliphatic heterocycles. The molecule has 3 rings (SSSR count). The Hall–Kier alpha value is -1.22. The number of thiazole rings is 1. The van der Waals surface area contributed by atoms with Gasteiger partial charge in [0, 0.05) is 13.1 Å². The van der Waals surface area contributed by atoms with Crippen LogP contribution in [0.3, 0.4) is 0 Å². The first-order valence-electron chi connectivity index (χ1n) is 9.76. The van der Waals surface area contributed by atoms with E-state index < -0.39 is 10.0 Å². The number of aromatic nitrogens is 1. The molecule has 1 fully saturated rings. The summed E-state index contributed by atoms with van der Waals surface area (Å²) in [6, 6.07) is 4.95. The number of nitrogens with zero attached hydrogens (tertiary/aromatic N) is 2. The summed E-state index contributed by atoms with van der Waals surface area (Å²) in [6.07, 6.45) is 4.12. The van der Waals surface area contributed by atoms with Crippen molar-refractivity contribution in [3.05, 3.63) is 27.9 Å². The molecule has 1 N–H and O–H groups in total. The van der Waals surface area contributed by atoms with Crippen LogP contribution in [0.15, 0.2) is 27.9 Å². The van der Waals surface area contributed by atoms with Gasteiger partial charge in [0.1, 0.15) is 0 Å². The van der Waals surface area contributed by atoms with Crippen molar-refractivity contribution in [1.82, 2.24) is 14.2 Å². The molecule has 2 heterocycles. The van der Waals surface area contributed by atoms with Gasteiger partial charge in [-0.1, -0.05) is 25.2 Å². The van der Waals surface area contributed by atoms with Gasteiger partial charge >= 0.3 is 4.87 Å². The summed E-state index contributed by atoms with van der Waals surface area (Å²) in [5.41, 5.74) is 0.810. The molecule has 8 heteroatoms.